The van der Waals surface area contributed by atoms with Crippen molar-refractivity contribution in [3.63, 3.8) is 0 Å². The third-order valence-electron chi connectivity index (χ3n) is 4.93. The van der Waals surface area contributed by atoms with Crippen LogP contribution in [0.5, 0.6) is 0 Å². The van der Waals surface area contributed by atoms with Crippen molar-refractivity contribution in [2.45, 2.75) is 25.4 Å². The molecule has 0 saturated carbocycles. The molecule has 6 nitrogen and oxygen atoms in total. The first-order chi connectivity index (χ1) is 14.6. The lowest BCUT2D eigenvalue weighted by atomic mass is 10.1. The Balaban J connectivity index is 1.71. The van der Waals surface area contributed by atoms with Crippen molar-refractivity contribution in [2.24, 2.45) is 11.5 Å². The van der Waals surface area contributed by atoms with Crippen LogP contribution in [0.25, 0.3) is 10.8 Å². The van der Waals surface area contributed by atoms with Crippen molar-refractivity contribution in [3.05, 3.63) is 78.4 Å². The first kappa shape index (κ1) is 21.5. The molecule has 0 aliphatic heterocycles. The van der Waals surface area contributed by atoms with Crippen molar-refractivity contribution in [2.75, 3.05) is 18.4 Å². The maximum atomic E-state index is 12.9. The van der Waals surface area contributed by atoms with Crippen LogP contribution in [0, 0.1) is 0 Å². The number of anilines is 1. The second-order valence-corrected chi connectivity index (χ2v) is 7.33. The molecule has 0 heterocycles. The first-order valence-corrected chi connectivity index (χ1v) is 10.1. The summed E-state index contributed by atoms with van der Waals surface area (Å²) in [6, 6.07) is 22.6. The monoisotopic (exact) mass is 404 g/mol. The Morgan fingerprint density at radius 3 is 2.37 bits per heavy atom. The molecule has 1 atom stereocenters. The van der Waals surface area contributed by atoms with E-state index in [2.05, 4.69) is 5.32 Å². The zero-order chi connectivity index (χ0) is 21.3. The quantitative estimate of drug-likeness (QED) is 0.510. The van der Waals surface area contributed by atoms with Crippen LogP contribution in [0.3, 0.4) is 0 Å². The second kappa shape index (κ2) is 10.5. The minimum atomic E-state index is -0.675. The largest absolute Gasteiger partial charge is 0.330 e. The number of carbonyl (C=O) groups is 2. The van der Waals surface area contributed by atoms with Gasteiger partial charge in [-0.25, -0.2) is 0 Å². The highest BCUT2D eigenvalue weighted by molar-refractivity contribution is 5.97. The smallest absolute Gasteiger partial charge is 0.244 e. The van der Waals surface area contributed by atoms with Crippen LogP contribution < -0.4 is 16.8 Å². The molecular weight excluding hydrogens is 376 g/mol. The molecule has 3 rings (SSSR count). The van der Waals surface area contributed by atoms with Crippen LogP contribution in [-0.4, -0.2) is 35.8 Å². The average Bonchev–Trinajstić information content (AvgIpc) is 2.77. The number of benzene rings is 3. The lowest BCUT2D eigenvalue weighted by molar-refractivity contribution is -0.136. The zero-order valence-corrected chi connectivity index (χ0v) is 17.0. The SMILES string of the molecule is NCCC[C@@H](N)C(=O)N(CC(=O)Nc1ccc2ccccc2c1)Cc1ccccc1. The van der Waals surface area contributed by atoms with Gasteiger partial charge in [-0.2, -0.15) is 0 Å². The number of fused-ring (bicyclic) bond motifs is 1. The fourth-order valence-corrected chi connectivity index (χ4v) is 3.35. The lowest BCUT2D eigenvalue weighted by Gasteiger charge is -2.25. The molecule has 0 bridgehead atoms. The van der Waals surface area contributed by atoms with Crippen LogP contribution >= 0.6 is 0 Å². The van der Waals surface area contributed by atoms with E-state index in [1.807, 2.05) is 72.8 Å². The van der Waals surface area contributed by atoms with Crippen molar-refractivity contribution in [1.82, 2.24) is 4.90 Å². The van der Waals surface area contributed by atoms with E-state index in [9.17, 15) is 9.59 Å². The van der Waals surface area contributed by atoms with Gasteiger partial charge >= 0.3 is 0 Å². The fraction of sp³-hybridized carbons (Fsp3) is 0.250. The topological polar surface area (TPSA) is 101 Å². The number of nitrogens with zero attached hydrogens (tertiary/aromatic N) is 1. The summed E-state index contributed by atoms with van der Waals surface area (Å²) in [7, 11) is 0. The van der Waals surface area contributed by atoms with Gasteiger partial charge in [0.15, 0.2) is 0 Å². The van der Waals surface area contributed by atoms with Gasteiger partial charge in [-0.05, 0) is 47.9 Å². The molecule has 0 saturated heterocycles. The molecule has 0 aliphatic rings. The van der Waals surface area contributed by atoms with Gasteiger partial charge in [-0.1, -0.05) is 60.7 Å². The molecule has 3 aromatic carbocycles. The van der Waals surface area contributed by atoms with Crippen LogP contribution in [0.15, 0.2) is 72.8 Å². The number of nitrogens with one attached hydrogen (secondary N) is 1. The van der Waals surface area contributed by atoms with E-state index in [4.69, 9.17) is 11.5 Å². The molecule has 0 aliphatic carbocycles. The molecule has 6 heteroatoms. The Labute approximate surface area is 176 Å². The molecule has 0 aromatic heterocycles. The zero-order valence-electron chi connectivity index (χ0n) is 17.0. The van der Waals surface area contributed by atoms with Crippen molar-refractivity contribution in [3.8, 4) is 0 Å². The number of carbonyl (C=O) groups excluding carboxylic acids is 2. The number of hydrogen-bond donors (Lipinski definition) is 3. The van der Waals surface area contributed by atoms with Gasteiger partial charge < -0.3 is 21.7 Å². The molecule has 2 amide bonds. The summed E-state index contributed by atoms with van der Waals surface area (Å²) in [6.07, 6.45) is 1.16. The van der Waals surface area contributed by atoms with Crippen molar-refractivity contribution < 1.29 is 9.59 Å². The summed E-state index contributed by atoms with van der Waals surface area (Å²) in [5.41, 5.74) is 13.2. The number of hydrogen-bond acceptors (Lipinski definition) is 4. The molecule has 0 radical (unpaired) electrons. The Morgan fingerprint density at radius 2 is 1.63 bits per heavy atom. The molecular formula is C24H28N4O2. The summed E-state index contributed by atoms with van der Waals surface area (Å²) < 4.78 is 0. The summed E-state index contributed by atoms with van der Waals surface area (Å²) in [5, 5.41) is 5.03. The number of amides is 2. The minimum absolute atomic E-state index is 0.0725. The number of nitrogens with two attached hydrogens (primary N) is 2. The van der Waals surface area contributed by atoms with Gasteiger partial charge in [0.1, 0.15) is 6.54 Å². The normalized spacial score (nSPS) is 11.8. The molecule has 30 heavy (non-hydrogen) atoms. The summed E-state index contributed by atoms with van der Waals surface area (Å²) in [6.45, 7) is 0.722. The molecule has 5 N–H and O–H groups in total. The highest BCUT2D eigenvalue weighted by Gasteiger charge is 2.23. The van der Waals surface area contributed by atoms with E-state index < -0.39 is 6.04 Å². The van der Waals surface area contributed by atoms with E-state index in [0.717, 1.165) is 16.3 Å². The van der Waals surface area contributed by atoms with Gasteiger partial charge in [0.05, 0.1) is 6.04 Å². The van der Waals surface area contributed by atoms with Gasteiger partial charge in [-0.15, -0.1) is 0 Å². The van der Waals surface area contributed by atoms with E-state index in [1.165, 1.54) is 4.90 Å². The highest BCUT2D eigenvalue weighted by atomic mass is 16.2. The van der Waals surface area contributed by atoms with E-state index in [0.29, 0.717) is 31.6 Å². The van der Waals surface area contributed by atoms with Gasteiger partial charge in [0, 0.05) is 12.2 Å². The summed E-state index contributed by atoms with van der Waals surface area (Å²) >= 11 is 0. The van der Waals surface area contributed by atoms with Gasteiger partial charge in [0.25, 0.3) is 0 Å². The van der Waals surface area contributed by atoms with Crippen molar-refractivity contribution >= 4 is 28.3 Å². The number of rotatable bonds is 9. The van der Waals surface area contributed by atoms with E-state index in [1.54, 1.807) is 0 Å². The molecule has 3 aromatic rings. The third kappa shape index (κ3) is 5.89. The lowest BCUT2D eigenvalue weighted by Crippen LogP contribution is -2.46. The molecule has 0 unspecified atom stereocenters. The standard InChI is InChI=1S/C24H28N4O2/c25-14-6-11-22(26)24(30)28(16-18-7-2-1-3-8-18)17-23(29)27-21-13-12-19-9-4-5-10-20(19)15-21/h1-5,7-10,12-13,15,22H,6,11,14,16-17,25-26H2,(H,27,29)/t22-/m1/s1. The Hall–Kier alpha value is -3.22. The Morgan fingerprint density at radius 1 is 0.933 bits per heavy atom. The highest BCUT2D eigenvalue weighted by Crippen LogP contribution is 2.19. The predicted octanol–water partition coefficient (Wildman–Crippen LogP) is 2.87. The predicted molar refractivity (Wildman–Crippen MR) is 121 cm³/mol. The van der Waals surface area contributed by atoms with Crippen LogP contribution in [-0.2, 0) is 16.1 Å². The fourth-order valence-electron chi connectivity index (χ4n) is 3.35. The van der Waals surface area contributed by atoms with Crippen molar-refractivity contribution in [1.29, 1.82) is 0 Å². The summed E-state index contributed by atoms with van der Waals surface area (Å²) in [4.78, 5) is 27.1. The van der Waals surface area contributed by atoms with E-state index >= 15 is 0 Å². The van der Waals surface area contributed by atoms with Crippen LogP contribution in [0.4, 0.5) is 5.69 Å². The molecule has 156 valence electrons. The average molecular weight is 405 g/mol. The van der Waals surface area contributed by atoms with E-state index in [-0.39, 0.29) is 18.4 Å². The minimum Gasteiger partial charge on any atom is -0.330 e. The Kier molecular flexibility index (Phi) is 7.54. The van der Waals surface area contributed by atoms with Crippen LogP contribution in [0.2, 0.25) is 0 Å². The van der Waals surface area contributed by atoms with Crippen LogP contribution in [0.1, 0.15) is 18.4 Å². The Bertz CT molecular complexity index is 991. The second-order valence-electron chi connectivity index (χ2n) is 7.33. The molecule has 0 spiro atoms. The van der Waals surface area contributed by atoms with Gasteiger partial charge in [-0.3, -0.25) is 9.59 Å². The third-order valence-corrected chi connectivity index (χ3v) is 4.93. The maximum Gasteiger partial charge on any atom is 0.244 e. The maximum absolute atomic E-state index is 12.9. The summed E-state index contributed by atoms with van der Waals surface area (Å²) in [5.74, 6) is -0.512. The molecule has 0 fully saturated rings. The van der Waals surface area contributed by atoms with Gasteiger partial charge in [0.2, 0.25) is 11.8 Å². The first-order valence-electron chi connectivity index (χ1n) is 10.1.